The summed E-state index contributed by atoms with van der Waals surface area (Å²) in [4.78, 5) is 8.33. The first-order chi connectivity index (χ1) is 1.73. The van der Waals surface area contributed by atoms with Gasteiger partial charge in [0.05, 0.1) is 0 Å². The summed E-state index contributed by atoms with van der Waals surface area (Å²) in [5, 5.41) is 16.7. The van der Waals surface area contributed by atoms with Crippen molar-refractivity contribution in [3.05, 3.63) is 0 Å². The molecule has 0 aliphatic carbocycles. The van der Waals surface area contributed by atoms with Crippen LogP contribution in [-0.4, -0.2) is 6.16 Å². The predicted molar refractivity (Wildman–Crippen MR) is 12.1 cm³/mol. The van der Waals surface area contributed by atoms with Crippen molar-refractivity contribution < 1.29 is 85.3 Å². The Bertz CT molecular complexity index is 35.9. The molecule has 0 radical (unpaired) electrons. The second-order valence-electron chi connectivity index (χ2n) is 0.250. The maximum atomic E-state index is 8.33. The number of carboxylic acid groups (broad SMARTS) is 2. The molecular weight excluding hydrogens is 118 g/mol. The second kappa shape index (κ2) is 15.6. The molecule has 0 saturated heterocycles. The Balaban J connectivity index is -0.0000000150. The third kappa shape index (κ3) is 101. The van der Waals surface area contributed by atoms with Crippen LogP contribution in [0.4, 0.5) is 4.79 Å². The number of hydrogen-bond acceptors (Lipinski definition) is 3. The summed E-state index contributed by atoms with van der Waals surface area (Å²) in [5.74, 6) is 0. The van der Waals surface area contributed by atoms with Gasteiger partial charge in [0, 0.05) is 0 Å². The van der Waals surface area contributed by atoms with Crippen LogP contribution in [0.25, 0.3) is 0 Å². The van der Waals surface area contributed by atoms with Crippen LogP contribution < -0.4 is 80.5 Å². The van der Waals surface area contributed by atoms with E-state index in [4.69, 9.17) is 15.0 Å². The summed E-state index contributed by atoms with van der Waals surface area (Å²) in [7, 11) is 0. The van der Waals surface area contributed by atoms with Crippen LogP contribution in [0.15, 0.2) is 0 Å². The molecule has 0 aromatic rings. The van der Waals surface area contributed by atoms with E-state index in [1.54, 1.807) is 0 Å². The first-order valence-electron chi connectivity index (χ1n) is 0.612. The van der Waals surface area contributed by atoms with Gasteiger partial charge in [-0.3, -0.25) is 0 Å². The van der Waals surface area contributed by atoms with E-state index in [-0.39, 0.29) is 77.7 Å². The molecule has 0 aliphatic rings. The fourth-order valence-corrected chi connectivity index (χ4v) is 0. The van der Waals surface area contributed by atoms with Gasteiger partial charge < -0.3 is 15.0 Å². The van der Waals surface area contributed by atoms with E-state index in [0.717, 1.165) is 0 Å². The first kappa shape index (κ1) is 23.6. The van der Waals surface area contributed by atoms with Gasteiger partial charge in [-0.25, -0.2) is 0 Å². The molecule has 7 heavy (non-hydrogen) atoms. The minimum Gasteiger partial charge on any atom is -0.652 e. The summed E-state index contributed by atoms with van der Waals surface area (Å²) >= 11 is 0. The van der Waals surface area contributed by atoms with Crippen molar-refractivity contribution in [2.24, 2.45) is 0 Å². The van der Waals surface area contributed by atoms with Gasteiger partial charge in [0.1, 0.15) is 0 Å². The monoisotopic (exact) mass is 122 g/mol. The van der Waals surface area contributed by atoms with Crippen LogP contribution in [0.3, 0.4) is 0 Å². The Morgan fingerprint density at radius 2 is 1.29 bits per heavy atom. The van der Waals surface area contributed by atoms with E-state index in [9.17, 15) is 0 Å². The predicted octanol–water partition coefficient (Wildman–Crippen LogP) is -7.80. The van der Waals surface area contributed by atoms with Crippen LogP contribution in [0.1, 0.15) is 7.43 Å². The van der Waals surface area contributed by atoms with Gasteiger partial charge in [0.15, 0.2) is 0 Å². The summed E-state index contributed by atoms with van der Waals surface area (Å²) in [6, 6.07) is 0. The largest absolute Gasteiger partial charge is 1.00 e. The molecule has 0 fully saturated rings. The van der Waals surface area contributed by atoms with Crippen molar-refractivity contribution in [3.63, 3.8) is 0 Å². The zero-order valence-corrected chi connectivity index (χ0v) is 6.85. The molecule has 5 heteroatoms. The van der Waals surface area contributed by atoms with Crippen molar-refractivity contribution in [1.82, 2.24) is 0 Å². The maximum Gasteiger partial charge on any atom is 1.00 e. The zero-order chi connectivity index (χ0) is 3.58. The van der Waals surface area contributed by atoms with Crippen LogP contribution in [0, 0.1) is 0 Å². The first-order valence-corrected chi connectivity index (χ1v) is 0.612. The smallest absolute Gasteiger partial charge is 0.652 e. The molecular formula is C2H4KLiO3. The Hall–Kier alpha value is 1.50. The maximum absolute atomic E-state index is 8.33. The molecule has 0 rings (SSSR count). The van der Waals surface area contributed by atoms with Crippen LogP contribution in [0.5, 0.6) is 0 Å². The topological polar surface area (TPSA) is 63.2 Å². The van der Waals surface area contributed by atoms with Crippen molar-refractivity contribution in [2.75, 3.05) is 0 Å². The number of hydrogen-bond donors (Lipinski definition) is 0. The molecule has 0 aromatic carbocycles. The fourth-order valence-electron chi connectivity index (χ4n) is 0. The Labute approximate surface area is 97.1 Å². The summed E-state index contributed by atoms with van der Waals surface area (Å²) in [5.41, 5.74) is 0. The molecule has 0 N–H and O–H groups in total. The van der Waals surface area contributed by atoms with Crippen molar-refractivity contribution in [2.45, 2.75) is 7.43 Å². The molecule has 0 unspecified atom stereocenters. The normalized spacial score (nSPS) is 3.43. The third-order valence-corrected chi connectivity index (χ3v) is 0. The molecule has 0 aromatic heterocycles. The SMILES string of the molecule is C.O=C([O-])[O-].[K+].[Li+]. The van der Waals surface area contributed by atoms with Crippen LogP contribution in [0.2, 0.25) is 0 Å². The van der Waals surface area contributed by atoms with E-state index in [2.05, 4.69) is 0 Å². The standard InChI is InChI=1S/CH2O3.CH4.K.Li/c2-1(3)4;;;/h(H2,2,3,4);1H4;;/q;;2*+1/p-2. The molecule has 3 nitrogen and oxygen atoms in total. The van der Waals surface area contributed by atoms with Gasteiger partial charge in [0.2, 0.25) is 0 Å². The summed E-state index contributed by atoms with van der Waals surface area (Å²) in [6.45, 7) is 0. The number of carbonyl (C=O) groups excluding carboxylic acids is 1. The zero-order valence-electron chi connectivity index (χ0n) is 3.72. The minimum absolute atomic E-state index is 0. The van der Waals surface area contributed by atoms with E-state index < -0.39 is 6.16 Å². The van der Waals surface area contributed by atoms with Crippen LogP contribution >= 0.6 is 0 Å². The molecule has 0 aliphatic heterocycles. The summed E-state index contributed by atoms with van der Waals surface area (Å²) in [6.07, 6.45) is -2.33. The summed E-state index contributed by atoms with van der Waals surface area (Å²) < 4.78 is 0. The van der Waals surface area contributed by atoms with Crippen molar-refractivity contribution in [3.8, 4) is 0 Å². The Morgan fingerprint density at radius 3 is 1.29 bits per heavy atom. The Kier molecular flexibility index (Phi) is 52.8. The van der Waals surface area contributed by atoms with Crippen molar-refractivity contribution in [1.29, 1.82) is 0 Å². The molecule has 32 valence electrons. The number of rotatable bonds is 0. The Morgan fingerprint density at radius 1 is 1.29 bits per heavy atom. The quantitative estimate of drug-likeness (QED) is 0.300. The molecule has 0 saturated carbocycles. The second-order valence-corrected chi connectivity index (χ2v) is 0.250. The van der Waals surface area contributed by atoms with Gasteiger partial charge in [0.25, 0.3) is 0 Å². The van der Waals surface area contributed by atoms with Gasteiger partial charge in [-0.15, -0.1) is 0 Å². The molecule has 0 spiro atoms. The molecule has 0 amide bonds. The molecule has 0 heterocycles. The van der Waals surface area contributed by atoms with E-state index in [0.29, 0.717) is 0 Å². The van der Waals surface area contributed by atoms with Gasteiger partial charge in [-0.05, 0) is 6.16 Å². The van der Waals surface area contributed by atoms with Gasteiger partial charge in [-0.1, -0.05) is 7.43 Å². The van der Waals surface area contributed by atoms with E-state index in [1.807, 2.05) is 0 Å². The minimum atomic E-state index is -2.33. The van der Waals surface area contributed by atoms with Crippen LogP contribution in [-0.2, 0) is 0 Å². The number of carbonyl (C=O) groups is 1. The van der Waals surface area contributed by atoms with E-state index in [1.165, 1.54) is 0 Å². The fraction of sp³-hybridized carbons (Fsp3) is 0.500. The van der Waals surface area contributed by atoms with Gasteiger partial charge >= 0.3 is 70.2 Å². The average molecular weight is 122 g/mol. The van der Waals surface area contributed by atoms with Crippen molar-refractivity contribution >= 4 is 6.16 Å². The van der Waals surface area contributed by atoms with Gasteiger partial charge in [-0.2, -0.15) is 0 Å². The molecule has 0 atom stereocenters. The third-order valence-electron chi connectivity index (χ3n) is 0. The average Bonchev–Trinajstić information content (AvgIpc) is 0.811. The van der Waals surface area contributed by atoms with E-state index >= 15 is 0 Å². The molecule has 0 bridgehead atoms.